The summed E-state index contributed by atoms with van der Waals surface area (Å²) in [5.74, 6) is 1.24. The molecule has 0 amide bonds. The van der Waals surface area contributed by atoms with Crippen LogP contribution in [0.2, 0.25) is 0 Å². The molecule has 0 fully saturated rings. The number of rotatable bonds is 6. The second kappa shape index (κ2) is 8.74. The Labute approximate surface area is 187 Å². The van der Waals surface area contributed by atoms with Crippen LogP contribution in [0.15, 0.2) is 69.9 Å². The first kappa shape index (κ1) is 20.2. The quantitative estimate of drug-likeness (QED) is 0.259. The van der Waals surface area contributed by atoms with Gasteiger partial charge in [0.2, 0.25) is 0 Å². The molecule has 3 aromatic rings. The van der Waals surface area contributed by atoms with Gasteiger partial charge in [0.25, 0.3) is 5.90 Å². The van der Waals surface area contributed by atoms with Crippen molar-refractivity contribution in [3.8, 4) is 11.5 Å². The predicted molar refractivity (Wildman–Crippen MR) is 121 cm³/mol. The van der Waals surface area contributed by atoms with E-state index < -0.39 is 5.97 Å². The van der Waals surface area contributed by atoms with Gasteiger partial charge < -0.3 is 18.6 Å². The van der Waals surface area contributed by atoms with E-state index in [1.54, 1.807) is 31.4 Å². The number of ether oxygens (including phenoxy) is 3. The fourth-order valence-corrected chi connectivity index (χ4v) is 3.74. The van der Waals surface area contributed by atoms with Gasteiger partial charge in [0, 0.05) is 0 Å². The van der Waals surface area contributed by atoms with Crippen molar-refractivity contribution >= 4 is 40.5 Å². The van der Waals surface area contributed by atoms with E-state index in [0.717, 1.165) is 20.3 Å². The Morgan fingerprint density at radius 2 is 2.00 bits per heavy atom. The minimum absolute atomic E-state index is 0.149. The van der Waals surface area contributed by atoms with Crippen LogP contribution in [0.4, 0.5) is 0 Å². The second-order valence-electron chi connectivity index (χ2n) is 6.56. The van der Waals surface area contributed by atoms with E-state index in [2.05, 4.69) is 27.6 Å². The first-order valence-electron chi connectivity index (χ1n) is 9.16. The molecular weight excluding hydrogens is 497 g/mol. The van der Waals surface area contributed by atoms with Gasteiger partial charge in [0.15, 0.2) is 23.0 Å². The summed E-state index contributed by atoms with van der Waals surface area (Å²) in [5.41, 5.74) is 3.21. The Bertz CT molecular complexity index is 1150. The number of carbonyl (C=O) groups excluding carboxylic acids is 1. The lowest BCUT2D eigenvalue weighted by molar-refractivity contribution is -0.130. The number of furan rings is 1. The lowest BCUT2D eigenvalue weighted by Crippen LogP contribution is -2.04. The Hall–Kier alpha value is -3.07. The molecule has 0 saturated carbocycles. The summed E-state index contributed by atoms with van der Waals surface area (Å²) >= 11 is 2.19. The topological polar surface area (TPSA) is 70.3 Å². The van der Waals surface area contributed by atoms with Crippen LogP contribution >= 0.6 is 22.6 Å². The van der Waals surface area contributed by atoms with Gasteiger partial charge in [0.05, 0.1) is 16.9 Å². The van der Waals surface area contributed by atoms with Gasteiger partial charge in [-0.1, -0.05) is 24.3 Å². The zero-order valence-electron chi connectivity index (χ0n) is 16.3. The van der Waals surface area contributed by atoms with Crippen LogP contribution < -0.4 is 9.47 Å². The summed E-state index contributed by atoms with van der Waals surface area (Å²) in [6, 6.07) is 15.2. The van der Waals surface area contributed by atoms with Crippen LogP contribution in [0.25, 0.3) is 6.08 Å². The number of halogens is 1. The van der Waals surface area contributed by atoms with E-state index in [9.17, 15) is 4.79 Å². The summed E-state index contributed by atoms with van der Waals surface area (Å²) in [4.78, 5) is 16.4. The molecule has 0 aliphatic carbocycles. The Morgan fingerprint density at radius 3 is 2.73 bits per heavy atom. The third kappa shape index (κ3) is 4.25. The summed E-state index contributed by atoms with van der Waals surface area (Å²) in [5, 5.41) is 0. The SMILES string of the molecule is COc1cc(/C=C2\N=C(c3ccco3)OC2=O)cc(I)c1OCc1ccccc1C. The largest absolute Gasteiger partial charge is 0.493 e. The van der Waals surface area contributed by atoms with Crippen molar-refractivity contribution in [3.05, 3.63) is 86.5 Å². The van der Waals surface area contributed by atoms with Crippen molar-refractivity contribution < 1.29 is 23.4 Å². The first-order chi connectivity index (χ1) is 14.5. The molecule has 7 heteroatoms. The Kier molecular flexibility index (Phi) is 5.89. The molecule has 2 heterocycles. The first-order valence-corrected chi connectivity index (χ1v) is 10.2. The lowest BCUT2D eigenvalue weighted by Gasteiger charge is -2.14. The maximum atomic E-state index is 12.2. The lowest BCUT2D eigenvalue weighted by atomic mass is 10.1. The highest BCUT2D eigenvalue weighted by atomic mass is 127. The maximum Gasteiger partial charge on any atom is 0.363 e. The Balaban J connectivity index is 1.60. The highest BCUT2D eigenvalue weighted by molar-refractivity contribution is 14.1. The van der Waals surface area contributed by atoms with E-state index in [-0.39, 0.29) is 11.6 Å². The van der Waals surface area contributed by atoms with E-state index in [1.165, 1.54) is 6.26 Å². The van der Waals surface area contributed by atoms with E-state index in [1.807, 2.05) is 37.3 Å². The molecule has 0 bridgehead atoms. The summed E-state index contributed by atoms with van der Waals surface area (Å²) in [6.45, 7) is 2.48. The zero-order valence-corrected chi connectivity index (χ0v) is 18.5. The number of aryl methyl sites for hydroxylation is 1. The van der Waals surface area contributed by atoms with Crippen molar-refractivity contribution in [1.29, 1.82) is 0 Å². The maximum absolute atomic E-state index is 12.2. The molecule has 6 nitrogen and oxygen atoms in total. The molecule has 152 valence electrons. The molecule has 0 unspecified atom stereocenters. The second-order valence-corrected chi connectivity index (χ2v) is 7.72. The summed E-state index contributed by atoms with van der Waals surface area (Å²) in [7, 11) is 1.58. The third-order valence-electron chi connectivity index (χ3n) is 4.54. The smallest absolute Gasteiger partial charge is 0.363 e. The fraction of sp³-hybridized carbons (Fsp3) is 0.130. The molecule has 2 aromatic carbocycles. The van der Waals surface area contributed by atoms with Crippen molar-refractivity contribution in [2.45, 2.75) is 13.5 Å². The number of aliphatic imine (C=N–C) groups is 1. The monoisotopic (exact) mass is 515 g/mol. The number of carbonyl (C=O) groups is 1. The number of cyclic esters (lactones) is 1. The van der Waals surface area contributed by atoms with E-state index >= 15 is 0 Å². The number of benzene rings is 2. The number of hydrogen-bond acceptors (Lipinski definition) is 6. The normalized spacial score (nSPS) is 14.6. The average Bonchev–Trinajstić information content (AvgIpc) is 3.38. The van der Waals surface area contributed by atoms with Gasteiger partial charge in [-0.15, -0.1) is 0 Å². The highest BCUT2D eigenvalue weighted by Gasteiger charge is 2.26. The number of methoxy groups -OCH3 is 1. The third-order valence-corrected chi connectivity index (χ3v) is 5.34. The van der Waals surface area contributed by atoms with Crippen molar-refractivity contribution in [1.82, 2.24) is 0 Å². The molecule has 30 heavy (non-hydrogen) atoms. The Morgan fingerprint density at radius 1 is 1.17 bits per heavy atom. The van der Waals surface area contributed by atoms with E-state index in [4.69, 9.17) is 18.6 Å². The van der Waals surface area contributed by atoms with Gasteiger partial charge in [-0.05, 0) is 76.5 Å². The molecule has 0 saturated heterocycles. The standard InChI is InChI=1S/C23H18INO5/c1-14-6-3-4-7-16(14)13-29-21-17(24)10-15(12-20(21)27-2)11-18-23(26)30-22(25-18)19-8-5-9-28-19/h3-12H,13H2,1-2H3/b18-11-. The molecule has 0 N–H and O–H groups in total. The van der Waals surface area contributed by atoms with Gasteiger partial charge >= 0.3 is 5.97 Å². The van der Waals surface area contributed by atoms with Gasteiger partial charge in [-0.3, -0.25) is 0 Å². The van der Waals surface area contributed by atoms with Gasteiger partial charge in [-0.2, -0.15) is 0 Å². The fourth-order valence-electron chi connectivity index (χ4n) is 2.96. The number of hydrogen-bond donors (Lipinski definition) is 0. The van der Waals surface area contributed by atoms with Gasteiger partial charge in [-0.25, -0.2) is 9.79 Å². The van der Waals surface area contributed by atoms with Crippen LogP contribution in [0.5, 0.6) is 11.5 Å². The van der Waals surface area contributed by atoms with Crippen LogP contribution in [-0.2, 0) is 16.1 Å². The molecular formula is C23H18INO5. The molecule has 1 aliphatic heterocycles. The highest BCUT2D eigenvalue weighted by Crippen LogP contribution is 2.35. The minimum Gasteiger partial charge on any atom is -0.493 e. The average molecular weight is 515 g/mol. The molecule has 0 radical (unpaired) electrons. The molecule has 0 atom stereocenters. The van der Waals surface area contributed by atoms with Gasteiger partial charge in [0.1, 0.15) is 6.61 Å². The number of nitrogens with zero attached hydrogens (tertiary/aromatic N) is 1. The van der Waals surface area contributed by atoms with Crippen molar-refractivity contribution in [3.63, 3.8) is 0 Å². The van der Waals surface area contributed by atoms with Crippen LogP contribution in [0, 0.1) is 10.5 Å². The number of esters is 1. The predicted octanol–water partition coefficient (Wildman–Crippen LogP) is 5.12. The zero-order chi connectivity index (χ0) is 21.1. The van der Waals surface area contributed by atoms with Crippen LogP contribution in [0.3, 0.4) is 0 Å². The van der Waals surface area contributed by atoms with Crippen molar-refractivity contribution in [2.24, 2.45) is 4.99 Å². The molecule has 1 aliphatic rings. The molecule has 1 aromatic heterocycles. The summed E-state index contributed by atoms with van der Waals surface area (Å²) in [6.07, 6.45) is 3.14. The van der Waals surface area contributed by atoms with Crippen LogP contribution in [-0.4, -0.2) is 19.0 Å². The van der Waals surface area contributed by atoms with E-state index in [0.29, 0.717) is 23.9 Å². The molecule has 4 rings (SSSR count). The minimum atomic E-state index is -0.532. The summed E-state index contributed by atoms with van der Waals surface area (Å²) < 4.78 is 22.9. The van der Waals surface area contributed by atoms with Crippen molar-refractivity contribution in [2.75, 3.05) is 7.11 Å². The van der Waals surface area contributed by atoms with Crippen LogP contribution in [0.1, 0.15) is 22.5 Å². The molecule has 0 spiro atoms.